The van der Waals surface area contributed by atoms with E-state index in [0.29, 0.717) is 47.9 Å². The summed E-state index contributed by atoms with van der Waals surface area (Å²) in [7, 11) is 0. The lowest BCUT2D eigenvalue weighted by Crippen LogP contribution is -2.54. The minimum Gasteiger partial charge on any atom is -0.434 e. The van der Waals surface area contributed by atoms with Gasteiger partial charge in [-0.3, -0.25) is 4.79 Å². The van der Waals surface area contributed by atoms with Crippen molar-refractivity contribution in [3.05, 3.63) is 11.6 Å². The molecule has 8 atom stereocenters. The van der Waals surface area contributed by atoms with Gasteiger partial charge in [0.05, 0.1) is 6.61 Å². The molecule has 0 aliphatic heterocycles. The van der Waals surface area contributed by atoms with Gasteiger partial charge in [-0.2, -0.15) is 0 Å². The van der Waals surface area contributed by atoms with Gasteiger partial charge in [0, 0.05) is 11.8 Å². The average Bonchev–Trinajstić information content (AvgIpc) is 3.08. The van der Waals surface area contributed by atoms with E-state index >= 15 is 0 Å². The molecule has 0 radical (unpaired) electrons. The Morgan fingerprint density at radius 1 is 1.12 bits per heavy atom. The zero-order valence-corrected chi connectivity index (χ0v) is 20.7. The summed E-state index contributed by atoms with van der Waals surface area (Å²) in [6.45, 7) is 9.79. The topological polar surface area (TPSA) is 52.6 Å². The highest BCUT2D eigenvalue weighted by Crippen LogP contribution is 2.65. The van der Waals surface area contributed by atoms with Crippen LogP contribution in [0, 0.1) is 40.9 Å². The number of carbonyl (C=O) groups excluding carboxylic acids is 2. The lowest BCUT2D eigenvalue weighted by molar-refractivity contribution is -0.120. The van der Waals surface area contributed by atoms with Crippen LogP contribution in [-0.4, -0.2) is 24.6 Å². The quantitative estimate of drug-likeness (QED) is 0.310. The fourth-order valence-corrected chi connectivity index (χ4v) is 8.27. The van der Waals surface area contributed by atoms with Gasteiger partial charge in [-0.25, -0.2) is 4.79 Å². The van der Waals surface area contributed by atoms with Crippen LogP contribution in [-0.2, 0) is 14.3 Å². The van der Waals surface area contributed by atoms with Crippen molar-refractivity contribution in [2.75, 3.05) is 6.61 Å². The second kappa shape index (κ2) is 9.89. The molecule has 0 aromatic carbocycles. The highest BCUT2D eigenvalue weighted by Gasteiger charge is 2.61. The van der Waals surface area contributed by atoms with Crippen LogP contribution in [0.4, 0.5) is 4.79 Å². The van der Waals surface area contributed by atoms with Crippen LogP contribution in [0.15, 0.2) is 11.6 Å². The summed E-state index contributed by atoms with van der Waals surface area (Å²) in [6, 6.07) is 0. The van der Waals surface area contributed by atoms with Gasteiger partial charge in [0.25, 0.3) is 0 Å². The van der Waals surface area contributed by atoms with E-state index in [0.717, 1.165) is 51.4 Å². The molecule has 32 heavy (non-hydrogen) atoms. The third-order valence-corrected chi connectivity index (χ3v) is 9.66. The number of unbranched alkanes of at least 4 members (excludes halogenated alkanes) is 3. The molecule has 3 saturated carbocycles. The number of hydrogen-bond acceptors (Lipinski definition) is 4. The van der Waals surface area contributed by atoms with Gasteiger partial charge in [0.2, 0.25) is 0 Å². The van der Waals surface area contributed by atoms with Crippen LogP contribution in [0.2, 0.25) is 0 Å². The number of ketones is 1. The Bertz CT molecular complexity index is 727. The maximum Gasteiger partial charge on any atom is 0.508 e. The van der Waals surface area contributed by atoms with Crippen LogP contribution in [0.3, 0.4) is 0 Å². The molecular weight excluding hydrogens is 400 g/mol. The van der Waals surface area contributed by atoms with Crippen molar-refractivity contribution in [1.29, 1.82) is 0 Å². The number of rotatable bonds is 7. The van der Waals surface area contributed by atoms with Crippen molar-refractivity contribution in [3.63, 3.8) is 0 Å². The molecule has 0 bridgehead atoms. The summed E-state index contributed by atoms with van der Waals surface area (Å²) in [5, 5.41) is 0. The molecule has 4 rings (SSSR count). The minimum atomic E-state index is -0.462. The van der Waals surface area contributed by atoms with E-state index in [1.807, 2.05) is 6.08 Å². The molecule has 0 aromatic rings. The first kappa shape index (κ1) is 23.8. The smallest absolute Gasteiger partial charge is 0.434 e. The van der Waals surface area contributed by atoms with Crippen LogP contribution in [0.5, 0.6) is 0 Å². The van der Waals surface area contributed by atoms with Crippen molar-refractivity contribution in [1.82, 2.24) is 0 Å². The first-order valence-corrected chi connectivity index (χ1v) is 13.5. The number of hydrogen-bond donors (Lipinski definition) is 0. The third-order valence-electron chi connectivity index (χ3n) is 9.66. The zero-order chi connectivity index (χ0) is 22.9. The molecule has 3 fully saturated rings. The molecule has 0 aromatic heterocycles. The standard InChI is InChI=1S/C28H44O4/c1-5-7-8-9-14-31-27(30)32-24-13-12-23-25-18(3)15-20-16-21(29)10-11-22(20)26(25)19(6-2)17-28(23,24)4/h16,18-19,22-26H,5-15,17H2,1-4H3/t18-,19+,22+,23+,24+,25+,26-,28+/m1/s1. The Balaban J connectivity index is 1.47. The maximum absolute atomic E-state index is 12.5. The fourth-order valence-electron chi connectivity index (χ4n) is 8.27. The highest BCUT2D eigenvalue weighted by atomic mass is 16.7. The van der Waals surface area contributed by atoms with Gasteiger partial charge in [0.15, 0.2) is 5.78 Å². The van der Waals surface area contributed by atoms with Crippen molar-refractivity contribution in [2.24, 2.45) is 40.9 Å². The van der Waals surface area contributed by atoms with Crippen LogP contribution in [0.1, 0.15) is 98.3 Å². The average molecular weight is 445 g/mol. The van der Waals surface area contributed by atoms with Gasteiger partial charge in [0.1, 0.15) is 6.10 Å². The SMILES string of the molecule is CCCCCCOC(=O)O[C@H]1CC[C@H]2[C@H]3[C@H]([C@@H](CC)C[C@]12C)[C@H]1CCC(=O)C=C1C[C@H]3C. The molecule has 4 aliphatic carbocycles. The van der Waals surface area contributed by atoms with Crippen molar-refractivity contribution >= 4 is 11.9 Å². The molecule has 4 nitrogen and oxygen atoms in total. The van der Waals surface area contributed by atoms with E-state index in [4.69, 9.17) is 9.47 Å². The largest absolute Gasteiger partial charge is 0.508 e. The highest BCUT2D eigenvalue weighted by molar-refractivity contribution is 5.91. The maximum atomic E-state index is 12.5. The number of carbonyl (C=O) groups is 2. The molecule has 0 heterocycles. The van der Waals surface area contributed by atoms with Crippen LogP contribution in [0.25, 0.3) is 0 Å². The lowest BCUT2D eigenvalue weighted by atomic mass is 9.46. The molecule has 0 N–H and O–H groups in total. The second-order valence-electron chi connectivity index (χ2n) is 11.5. The minimum absolute atomic E-state index is 0.0253. The molecule has 4 aliphatic rings. The third kappa shape index (κ3) is 4.40. The van der Waals surface area contributed by atoms with Crippen LogP contribution >= 0.6 is 0 Å². The van der Waals surface area contributed by atoms with E-state index in [2.05, 4.69) is 27.7 Å². The van der Waals surface area contributed by atoms with Gasteiger partial charge in [-0.15, -0.1) is 0 Å². The molecule has 0 unspecified atom stereocenters. The van der Waals surface area contributed by atoms with E-state index in [1.54, 1.807) is 0 Å². The van der Waals surface area contributed by atoms with E-state index in [-0.39, 0.29) is 11.5 Å². The Hall–Kier alpha value is -1.32. The molecule has 0 spiro atoms. The first-order valence-electron chi connectivity index (χ1n) is 13.5. The van der Waals surface area contributed by atoms with Gasteiger partial charge in [-0.05, 0) is 80.1 Å². The molecule has 180 valence electrons. The summed E-state index contributed by atoms with van der Waals surface area (Å²) >= 11 is 0. The Kier molecular flexibility index (Phi) is 7.36. The van der Waals surface area contributed by atoms with Crippen molar-refractivity contribution in [2.45, 2.75) is 104 Å². The van der Waals surface area contributed by atoms with Crippen LogP contribution < -0.4 is 0 Å². The van der Waals surface area contributed by atoms with Gasteiger partial charge in [-0.1, -0.05) is 59.0 Å². The number of fused-ring (bicyclic) bond motifs is 5. The monoisotopic (exact) mass is 444 g/mol. The summed E-state index contributed by atoms with van der Waals surface area (Å²) < 4.78 is 11.4. The predicted octanol–water partition coefficient (Wildman–Crippen LogP) is 7.11. The Labute approximate surface area is 194 Å². The van der Waals surface area contributed by atoms with E-state index in [1.165, 1.54) is 24.8 Å². The van der Waals surface area contributed by atoms with Crippen molar-refractivity contribution < 1.29 is 19.1 Å². The van der Waals surface area contributed by atoms with Gasteiger partial charge < -0.3 is 9.47 Å². The number of allylic oxidation sites excluding steroid dienone is 1. The van der Waals surface area contributed by atoms with Crippen molar-refractivity contribution in [3.8, 4) is 0 Å². The first-order chi connectivity index (χ1) is 15.4. The Morgan fingerprint density at radius 3 is 2.69 bits per heavy atom. The molecular formula is C28H44O4. The summed E-state index contributed by atoms with van der Waals surface area (Å²) in [6.07, 6.45) is 13.2. The predicted molar refractivity (Wildman–Crippen MR) is 126 cm³/mol. The van der Waals surface area contributed by atoms with E-state index < -0.39 is 6.16 Å². The summed E-state index contributed by atoms with van der Waals surface area (Å²) in [4.78, 5) is 24.6. The Morgan fingerprint density at radius 2 is 1.94 bits per heavy atom. The molecule has 4 heteroatoms. The second-order valence-corrected chi connectivity index (χ2v) is 11.5. The fraction of sp³-hybridized carbons (Fsp3) is 0.857. The molecule has 0 amide bonds. The normalized spacial score (nSPS) is 40.7. The number of ether oxygens (including phenoxy) is 2. The molecule has 0 saturated heterocycles. The summed E-state index contributed by atoms with van der Waals surface area (Å²) in [5.74, 6) is 4.12. The van der Waals surface area contributed by atoms with E-state index in [9.17, 15) is 9.59 Å². The zero-order valence-electron chi connectivity index (χ0n) is 20.7. The lowest BCUT2D eigenvalue weighted by Gasteiger charge is -2.59. The van der Waals surface area contributed by atoms with Gasteiger partial charge >= 0.3 is 6.16 Å². The summed E-state index contributed by atoms with van der Waals surface area (Å²) in [5.41, 5.74) is 1.48.